The molecule has 1 saturated heterocycles. The molecular weight excluding hydrogens is 493 g/mol. The number of halogens is 2. The van der Waals surface area contributed by atoms with E-state index >= 15 is 0 Å². The van der Waals surface area contributed by atoms with Crippen LogP contribution in [0.2, 0.25) is 0 Å². The third-order valence-electron chi connectivity index (χ3n) is 3.68. The van der Waals surface area contributed by atoms with E-state index in [4.69, 9.17) is 9.73 Å². The molecule has 0 unspecified atom stereocenters. The molecule has 1 aromatic heterocycles. The first-order valence-electron chi connectivity index (χ1n) is 7.49. The van der Waals surface area contributed by atoms with E-state index < -0.39 is 0 Å². The highest BCUT2D eigenvalue weighted by atomic mass is 127. The number of likely N-dealkylation sites (tertiary alicyclic amines) is 1. The van der Waals surface area contributed by atoms with Crippen molar-refractivity contribution in [1.29, 1.82) is 0 Å². The molecule has 1 aliphatic rings. The maximum absolute atomic E-state index is 11.6. The van der Waals surface area contributed by atoms with E-state index in [1.807, 2.05) is 6.07 Å². The Morgan fingerprint density at radius 3 is 2.70 bits per heavy atom. The summed E-state index contributed by atoms with van der Waals surface area (Å²) in [4.78, 5) is 19.8. The quantitative estimate of drug-likeness (QED) is 0.289. The molecule has 0 aliphatic carbocycles. The van der Waals surface area contributed by atoms with Crippen molar-refractivity contribution >= 4 is 63.2 Å². The average Bonchev–Trinajstić information content (AvgIpc) is 2.96. The Morgan fingerprint density at radius 2 is 2.17 bits per heavy atom. The van der Waals surface area contributed by atoms with Gasteiger partial charge < -0.3 is 15.0 Å². The van der Waals surface area contributed by atoms with Gasteiger partial charge in [0.2, 0.25) is 0 Å². The lowest BCUT2D eigenvalue weighted by molar-refractivity contribution is -0.146. The van der Waals surface area contributed by atoms with E-state index in [1.165, 1.54) is 12.0 Å². The first-order chi connectivity index (χ1) is 10.6. The smallest absolute Gasteiger partial charge is 0.308 e. The number of guanidine groups is 1. The number of aliphatic imine (C=N–C) groups is 1. The van der Waals surface area contributed by atoms with Crippen LogP contribution < -0.4 is 5.32 Å². The molecule has 1 aromatic rings. The van der Waals surface area contributed by atoms with Crippen molar-refractivity contribution in [2.24, 2.45) is 10.9 Å². The van der Waals surface area contributed by atoms with Crippen LogP contribution in [0.15, 0.2) is 20.9 Å². The number of hydrogen-bond donors (Lipinski definition) is 1. The Hall–Kier alpha value is -0.350. The van der Waals surface area contributed by atoms with Gasteiger partial charge in [-0.2, -0.15) is 0 Å². The highest BCUT2D eigenvalue weighted by Crippen LogP contribution is 2.23. The summed E-state index contributed by atoms with van der Waals surface area (Å²) in [6.07, 6.45) is 1.64. The lowest BCUT2D eigenvalue weighted by atomic mass is 9.97. The first kappa shape index (κ1) is 20.7. The highest BCUT2D eigenvalue weighted by Gasteiger charge is 2.26. The molecular formula is C15H23BrIN3O2S. The number of thiophene rings is 1. The molecule has 0 amide bonds. The molecule has 1 fully saturated rings. The van der Waals surface area contributed by atoms with Crippen LogP contribution in [-0.2, 0) is 16.1 Å². The Morgan fingerprint density at radius 1 is 1.48 bits per heavy atom. The predicted octanol–water partition coefficient (Wildman–Crippen LogP) is 3.48. The van der Waals surface area contributed by atoms with Crippen LogP contribution in [0.3, 0.4) is 0 Å². The zero-order valence-electron chi connectivity index (χ0n) is 13.4. The number of nitrogens with zero attached hydrogens (tertiary/aromatic N) is 2. The average molecular weight is 516 g/mol. The molecule has 8 heteroatoms. The molecule has 0 bridgehead atoms. The standard InChI is InChI=1S/C15H22BrN3O2S.HI/c1-3-17-15(18-10-12-4-5-13(16)22-12)19-8-6-11(7-9-19)14(20)21-2;/h4-5,11H,3,6-10H2,1-2H3,(H,17,18);1H. The fourth-order valence-corrected chi connectivity index (χ4v) is 3.92. The van der Waals surface area contributed by atoms with Gasteiger partial charge in [0, 0.05) is 24.5 Å². The van der Waals surface area contributed by atoms with Crippen molar-refractivity contribution in [2.45, 2.75) is 26.3 Å². The Labute approximate surface area is 167 Å². The monoisotopic (exact) mass is 515 g/mol. The topological polar surface area (TPSA) is 53.9 Å². The summed E-state index contributed by atoms with van der Waals surface area (Å²) < 4.78 is 5.96. The minimum atomic E-state index is -0.0926. The summed E-state index contributed by atoms with van der Waals surface area (Å²) in [5.41, 5.74) is 0. The molecule has 5 nitrogen and oxygen atoms in total. The predicted molar refractivity (Wildman–Crippen MR) is 109 cm³/mol. The van der Waals surface area contributed by atoms with Gasteiger partial charge in [-0.15, -0.1) is 35.3 Å². The van der Waals surface area contributed by atoms with Gasteiger partial charge in [-0.1, -0.05) is 0 Å². The summed E-state index contributed by atoms with van der Waals surface area (Å²) >= 11 is 5.18. The van der Waals surface area contributed by atoms with Crippen molar-refractivity contribution in [2.75, 3.05) is 26.7 Å². The molecule has 130 valence electrons. The lowest BCUT2D eigenvalue weighted by Gasteiger charge is -2.33. The van der Waals surface area contributed by atoms with Gasteiger partial charge >= 0.3 is 5.97 Å². The molecule has 2 rings (SSSR count). The van der Waals surface area contributed by atoms with Gasteiger partial charge in [-0.25, -0.2) is 4.99 Å². The second kappa shape index (κ2) is 10.5. The van der Waals surface area contributed by atoms with Gasteiger partial charge in [0.05, 0.1) is 23.4 Å². The van der Waals surface area contributed by atoms with E-state index in [1.54, 1.807) is 11.3 Å². The first-order valence-corrected chi connectivity index (χ1v) is 9.10. The van der Waals surface area contributed by atoms with Gasteiger partial charge in [0.1, 0.15) is 0 Å². The molecule has 0 radical (unpaired) electrons. The second-order valence-electron chi connectivity index (χ2n) is 5.16. The Balaban J connectivity index is 0.00000264. The van der Waals surface area contributed by atoms with Crippen molar-refractivity contribution in [3.8, 4) is 0 Å². The fourth-order valence-electron chi connectivity index (χ4n) is 2.51. The number of esters is 1. The Bertz CT molecular complexity index is 531. The van der Waals surface area contributed by atoms with Crippen LogP contribution in [0.1, 0.15) is 24.6 Å². The molecule has 23 heavy (non-hydrogen) atoms. The Kier molecular flexibility index (Phi) is 9.45. The number of rotatable bonds is 4. The number of hydrogen-bond acceptors (Lipinski definition) is 4. The number of carbonyl (C=O) groups is 1. The van der Waals surface area contributed by atoms with E-state index in [2.05, 4.69) is 39.1 Å². The molecule has 0 atom stereocenters. The number of piperidine rings is 1. The zero-order valence-corrected chi connectivity index (χ0v) is 18.1. The van der Waals surface area contributed by atoms with Crippen molar-refractivity contribution in [3.63, 3.8) is 0 Å². The van der Waals surface area contributed by atoms with Gasteiger partial charge in [-0.3, -0.25) is 4.79 Å². The fraction of sp³-hybridized carbons (Fsp3) is 0.600. The summed E-state index contributed by atoms with van der Waals surface area (Å²) in [6.45, 7) is 5.25. The summed E-state index contributed by atoms with van der Waals surface area (Å²) in [6, 6.07) is 4.13. The number of nitrogens with one attached hydrogen (secondary N) is 1. The van der Waals surface area contributed by atoms with Crippen molar-refractivity contribution < 1.29 is 9.53 Å². The van der Waals surface area contributed by atoms with E-state index in [0.717, 1.165) is 42.2 Å². The third-order valence-corrected chi connectivity index (χ3v) is 5.29. The van der Waals surface area contributed by atoms with Crippen LogP contribution in [0.4, 0.5) is 0 Å². The maximum Gasteiger partial charge on any atom is 0.308 e. The summed E-state index contributed by atoms with van der Waals surface area (Å²) in [7, 11) is 1.46. The van der Waals surface area contributed by atoms with Crippen molar-refractivity contribution in [3.05, 3.63) is 20.8 Å². The van der Waals surface area contributed by atoms with Crippen LogP contribution in [0.5, 0.6) is 0 Å². The molecule has 2 heterocycles. The summed E-state index contributed by atoms with van der Waals surface area (Å²) in [5.74, 6) is 0.859. The third kappa shape index (κ3) is 6.22. The number of methoxy groups -OCH3 is 1. The van der Waals surface area contributed by atoms with Crippen LogP contribution in [0, 0.1) is 5.92 Å². The number of carbonyl (C=O) groups excluding carboxylic acids is 1. The van der Waals surface area contributed by atoms with Crippen LogP contribution in [0.25, 0.3) is 0 Å². The number of ether oxygens (including phenoxy) is 1. The van der Waals surface area contributed by atoms with Crippen LogP contribution in [-0.4, -0.2) is 43.6 Å². The largest absolute Gasteiger partial charge is 0.469 e. The van der Waals surface area contributed by atoms with Gasteiger partial charge in [0.15, 0.2) is 5.96 Å². The molecule has 1 N–H and O–H groups in total. The highest BCUT2D eigenvalue weighted by molar-refractivity contribution is 14.0. The van der Waals surface area contributed by atoms with E-state index in [0.29, 0.717) is 6.54 Å². The SMILES string of the molecule is CCNC(=NCc1ccc(Br)s1)N1CCC(C(=O)OC)CC1.I. The van der Waals surface area contributed by atoms with E-state index in [9.17, 15) is 4.79 Å². The molecule has 0 aromatic carbocycles. The molecule has 1 aliphatic heterocycles. The second-order valence-corrected chi connectivity index (χ2v) is 7.71. The zero-order chi connectivity index (χ0) is 15.9. The van der Waals surface area contributed by atoms with Crippen molar-refractivity contribution in [1.82, 2.24) is 10.2 Å². The minimum absolute atomic E-state index is 0. The molecule has 0 saturated carbocycles. The summed E-state index contributed by atoms with van der Waals surface area (Å²) in [5, 5.41) is 3.34. The van der Waals surface area contributed by atoms with E-state index in [-0.39, 0.29) is 35.9 Å². The van der Waals surface area contributed by atoms with Crippen LogP contribution >= 0.6 is 51.2 Å². The lowest BCUT2D eigenvalue weighted by Crippen LogP contribution is -2.46. The molecule has 0 spiro atoms. The minimum Gasteiger partial charge on any atom is -0.469 e. The van der Waals surface area contributed by atoms with Gasteiger partial charge in [0.25, 0.3) is 0 Å². The van der Waals surface area contributed by atoms with Gasteiger partial charge in [-0.05, 0) is 47.8 Å². The normalized spacial score (nSPS) is 16.0. The maximum atomic E-state index is 11.6.